The molecular formula is C14H16Si. The molecule has 0 saturated heterocycles. The molecule has 0 radical (unpaired) electrons. The van der Waals surface area contributed by atoms with Crippen molar-refractivity contribution in [2.45, 2.75) is 13.1 Å². The molecule has 0 aliphatic carbocycles. The van der Waals surface area contributed by atoms with Gasteiger partial charge >= 0.3 is 0 Å². The quantitative estimate of drug-likeness (QED) is 0.627. The fourth-order valence-corrected chi connectivity index (χ4v) is 5.52. The fraction of sp³-hybridized carbons (Fsp3) is 0.143. The summed E-state index contributed by atoms with van der Waals surface area (Å²) in [7, 11) is -1.48. The average molecular weight is 212 g/mol. The smallest absolute Gasteiger partial charge is 0.0991 e. The van der Waals surface area contributed by atoms with Gasteiger partial charge in [-0.15, -0.1) is 0 Å². The molecule has 1 aliphatic rings. The molecule has 2 rings (SSSR count). The van der Waals surface area contributed by atoms with Gasteiger partial charge in [-0.25, -0.2) is 0 Å². The summed E-state index contributed by atoms with van der Waals surface area (Å²) in [4.78, 5) is 0. The van der Waals surface area contributed by atoms with Crippen molar-refractivity contribution in [1.82, 2.24) is 0 Å². The first-order valence-electron chi connectivity index (χ1n) is 5.21. The predicted octanol–water partition coefficient (Wildman–Crippen LogP) is 3.28. The normalized spacial score (nSPS) is 20.4. The Morgan fingerprint density at radius 3 is 2.47 bits per heavy atom. The molecule has 1 aromatic carbocycles. The van der Waals surface area contributed by atoms with Crippen LogP contribution in [0.25, 0.3) is 5.57 Å². The first-order chi connectivity index (χ1) is 7.09. The van der Waals surface area contributed by atoms with Gasteiger partial charge in [0.2, 0.25) is 0 Å². The highest BCUT2D eigenvalue weighted by molar-refractivity contribution is 7.00. The van der Waals surface area contributed by atoms with Gasteiger partial charge in [0, 0.05) is 0 Å². The van der Waals surface area contributed by atoms with Crippen LogP contribution in [0.3, 0.4) is 0 Å². The lowest BCUT2D eigenvalue weighted by molar-refractivity contribution is 1.70. The maximum Gasteiger partial charge on any atom is 0.113 e. The van der Waals surface area contributed by atoms with E-state index in [2.05, 4.69) is 56.6 Å². The number of fused-ring (bicyclic) bond motifs is 1. The van der Waals surface area contributed by atoms with Crippen LogP contribution >= 0.6 is 0 Å². The molecule has 0 N–H and O–H groups in total. The average Bonchev–Trinajstić information content (AvgIpc) is 2.41. The molecule has 1 heterocycles. The first kappa shape index (κ1) is 10.2. The van der Waals surface area contributed by atoms with Crippen molar-refractivity contribution in [3.8, 4) is 0 Å². The topological polar surface area (TPSA) is 0 Å². The highest BCUT2D eigenvalue weighted by Gasteiger charge is 2.38. The summed E-state index contributed by atoms with van der Waals surface area (Å²) in [6.07, 6.45) is 4.01. The second-order valence-electron chi connectivity index (χ2n) is 4.47. The molecule has 15 heavy (non-hydrogen) atoms. The minimum atomic E-state index is -1.48. The van der Waals surface area contributed by atoms with Crippen LogP contribution in [0.4, 0.5) is 0 Å². The number of hydrogen-bond acceptors (Lipinski definition) is 0. The summed E-state index contributed by atoms with van der Waals surface area (Å²) in [5.41, 5.74) is 2.53. The van der Waals surface area contributed by atoms with E-state index in [4.69, 9.17) is 0 Å². The van der Waals surface area contributed by atoms with E-state index >= 15 is 0 Å². The zero-order valence-corrected chi connectivity index (χ0v) is 10.4. The Kier molecular flexibility index (Phi) is 2.27. The molecule has 76 valence electrons. The molecule has 1 heteroatoms. The lowest BCUT2D eigenvalue weighted by Crippen LogP contribution is -2.39. The molecule has 0 atom stereocenters. The van der Waals surface area contributed by atoms with Crippen LogP contribution in [0.1, 0.15) is 5.56 Å². The summed E-state index contributed by atoms with van der Waals surface area (Å²) < 4.78 is 0. The van der Waals surface area contributed by atoms with E-state index < -0.39 is 8.07 Å². The SMILES string of the molecule is C=C/C=C1\C(=C)c2ccccc2[Si]1(C)C. The number of hydrogen-bond donors (Lipinski definition) is 0. The Labute approximate surface area is 92.7 Å². The van der Waals surface area contributed by atoms with Gasteiger partial charge in [0.05, 0.1) is 0 Å². The largest absolute Gasteiger partial charge is 0.113 e. The van der Waals surface area contributed by atoms with E-state index in [0.717, 1.165) is 0 Å². The molecular weight excluding hydrogens is 196 g/mol. The highest BCUT2D eigenvalue weighted by atomic mass is 28.3. The Morgan fingerprint density at radius 2 is 1.87 bits per heavy atom. The highest BCUT2D eigenvalue weighted by Crippen LogP contribution is 2.36. The minimum Gasteiger partial charge on any atom is -0.0991 e. The van der Waals surface area contributed by atoms with Gasteiger partial charge in [0.1, 0.15) is 8.07 Å². The van der Waals surface area contributed by atoms with Crippen molar-refractivity contribution in [2.24, 2.45) is 0 Å². The summed E-state index contributed by atoms with van der Waals surface area (Å²) in [6, 6.07) is 8.63. The summed E-state index contributed by atoms with van der Waals surface area (Å²) in [5.74, 6) is 0. The van der Waals surface area contributed by atoms with E-state index in [1.54, 1.807) is 0 Å². The van der Waals surface area contributed by atoms with E-state index in [9.17, 15) is 0 Å². The van der Waals surface area contributed by atoms with Crippen molar-refractivity contribution in [1.29, 1.82) is 0 Å². The van der Waals surface area contributed by atoms with Crippen molar-refractivity contribution in [2.75, 3.05) is 0 Å². The van der Waals surface area contributed by atoms with Gasteiger partial charge in [-0.2, -0.15) is 0 Å². The Morgan fingerprint density at radius 1 is 1.20 bits per heavy atom. The van der Waals surface area contributed by atoms with Crippen LogP contribution in [0, 0.1) is 0 Å². The van der Waals surface area contributed by atoms with Crippen molar-refractivity contribution in [3.05, 3.63) is 60.3 Å². The van der Waals surface area contributed by atoms with Gasteiger partial charge in [0.15, 0.2) is 0 Å². The summed E-state index contributed by atoms with van der Waals surface area (Å²) >= 11 is 0. The fourth-order valence-electron chi connectivity index (χ4n) is 2.39. The van der Waals surface area contributed by atoms with Gasteiger partial charge in [-0.05, 0) is 21.5 Å². The molecule has 0 bridgehead atoms. The number of allylic oxidation sites excluding steroid dienone is 4. The molecule has 1 aromatic rings. The maximum absolute atomic E-state index is 4.21. The lowest BCUT2D eigenvalue weighted by Gasteiger charge is -2.18. The van der Waals surface area contributed by atoms with Crippen LogP contribution in [0.15, 0.2) is 54.8 Å². The van der Waals surface area contributed by atoms with Crippen molar-refractivity contribution < 1.29 is 0 Å². The maximum atomic E-state index is 4.21. The van der Waals surface area contributed by atoms with E-state index in [-0.39, 0.29) is 0 Å². The van der Waals surface area contributed by atoms with Crippen LogP contribution in [-0.4, -0.2) is 8.07 Å². The summed E-state index contributed by atoms with van der Waals surface area (Å²) in [5, 5.41) is 2.92. The minimum absolute atomic E-state index is 1.20. The second kappa shape index (κ2) is 3.35. The van der Waals surface area contributed by atoms with Gasteiger partial charge in [-0.1, -0.05) is 62.7 Å². The van der Waals surface area contributed by atoms with Gasteiger partial charge in [0.25, 0.3) is 0 Å². The van der Waals surface area contributed by atoms with E-state index in [0.29, 0.717) is 0 Å². The standard InChI is InChI=1S/C14H16Si/c1-5-8-13-11(2)12-9-6-7-10-14(12)15(13,3)4/h5-10H,1-2H2,3-4H3/b13-8+. The lowest BCUT2D eigenvalue weighted by atomic mass is 10.1. The van der Waals surface area contributed by atoms with Crippen LogP contribution in [0.2, 0.25) is 13.1 Å². The number of rotatable bonds is 1. The third-order valence-corrected chi connectivity index (χ3v) is 6.81. The van der Waals surface area contributed by atoms with Crippen LogP contribution in [-0.2, 0) is 0 Å². The molecule has 0 amide bonds. The third kappa shape index (κ3) is 1.35. The first-order valence-corrected chi connectivity index (χ1v) is 8.21. The predicted molar refractivity (Wildman–Crippen MR) is 70.9 cm³/mol. The van der Waals surface area contributed by atoms with Crippen molar-refractivity contribution >= 4 is 18.8 Å². The zero-order valence-electron chi connectivity index (χ0n) is 9.38. The van der Waals surface area contributed by atoms with Crippen LogP contribution in [0.5, 0.6) is 0 Å². The van der Waals surface area contributed by atoms with Gasteiger partial charge in [-0.3, -0.25) is 0 Å². The Hall–Kier alpha value is -1.34. The second-order valence-corrected chi connectivity index (χ2v) is 8.79. The molecule has 0 saturated carbocycles. The van der Waals surface area contributed by atoms with E-state index in [1.165, 1.54) is 21.5 Å². The molecule has 0 unspecified atom stereocenters. The van der Waals surface area contributed by atoms with Crippen molar-refractivity contribution in [3.63, 3.8) is 0 Å². The third-order valence-electron chi connectivity index (χ3n) is 3.21. The molecule has 0 spiro atoms. The summed E-state index contributed by atoms with van der Waals surface area (Å²) in [6.45, 7) is 12.8. The monoisotopic (exact) mass is 212 g/mol. The van der Waals surface area contributed by atoms with Crippen LogP contribution < -0.4 is 5.19 Å². The Bertz CT molecular complexity index is 464. The molecule has 0 fully saturated rings. The molecule has 0 nitrogen and oxygen atoms in total. The Balaban J connectivity index is 2.70. The number of benzene rings is 1. The zero-order chi connectivity index (χ0) is 11.1. The molecule has 1 aliphatic heterocycles. The van der Waals surface area contributed by atoms with Gasteiger partial charge < -0.3 is 0 Å². The molecule has 0 aromatic heterocycles. The van der Waals surface area contributed by atoms with E-state index in [1.807, 2.05) is 6.08 Å².